The van der Waals surface area contributed by atoms with Crippen LogP contribution in [0.5, 0.6) is 11.5 Å². The molecule has 0 aliphatic carbocycles. The van der Waals surface area contributed by atoms with E-state index in [0.717, 1.165) is 24.3 Å². The van der Waals surface area contributed by atoms with E-state index in [1.807, 2.05) is 0 Å². The van der Waals surface area contributed by atoms with Crippen molar-refractivity contribution in [3.8, 4) is 11.5 Å². The molecular weight excluding hydrogens is 1000 g/mol. The topological polar surface area (TPSA) is 293 Å². The van der Waals surface area contributed by atoms with Crippen LogP contribution in [0.4, 0.5) is 0 Å². The van der Waals surface area contributed by atoms with Crippen LogP contribution in [-0.4, -0.2) is 71.4 Å². The molecule has 0 radical (unpaired) electrons. The second-order valence-electron chi connectivity index (χ2n) is 13.9. The zero-order valence-electron chi connectivity index (χ0n) is 37.1. The molecule has 0 aliphatic rings. The van der Waals surface area contributed by atoms with Gasteiger partial charge in [-0.25, -0.2) is 16.8 Å². The number of benzene rings is 6. The molecule has 0 bridgehead atoms. The third-order valence-electron chi connectivity index (χ3n) is 9.69. The number of carbonyl (C=O) groups excluding carboxylic acids is 4. The molecule has 6 aromatic carbocycles. The van der Waals surface area contributed by atoms with E-state index in [9.17, 15) is 65.5 Å². The molecule has 16 nitrogen and oxygen atoms in total. The maximum atomic E-state index is 14.6. The Kier molecular flexibility index (Phi) is 24.9. The number of phenols is 2. The summed E-state index contributed by atoms with van der Waals surface area (Å²) < 4.78 is 77.0. The van der Waals surface area contributed by atoms with Crippen molar-refractivity contribution < 1.29 is 184 Å². The van der Waals surface area contributed by atoms with Gasteiger partial charge in [-0.1, -0.05) is 84.9 Å². The molecule has 0 fully saturated rings. The first kappa shape index (κ1) is 61.7. The van der Waals surface area contributed by atoms with E-state index >= 15 is 0 Å². The first-order valence-corrected chi connectivity index (χ1v) is 24.0. The number of hydrogen-bond acceptors (Lipinski definition) is 16. The van der Waals surface area contributed by atoms with Crippen molar-refractivity contribution in [1.29, 1.82) is 0 Å². The van der Waals surface area contributed by atoms with Gasteiger partial charge >= 0.3 is 118 Å². The first-order chi connectivity index (χ1) is 30.4. The molecule has 68 heavy (non-hydrogen) atoms. The quantitative estimate of drug-likeness (QED) is 0.0269. The molecule has 0 aliphatic heterocycles. The van der Waals surface area contributed by atoms with Crippen molar-refractivity contribution in [3.05, 3.63) is 143 Å². The molecule has 0 unspecified atom stereocenters. The SMILES string of the molecule is O=C([O-])CCSCc1cc(C(=O)NC(=C(NC(=O)c2cc(CSCCC(=O)[O-])c3ccccc3c2O)c2ccccc2S(=O)(=O)[O-])c2ccccc2S(=O)(=O)[O-])c(O)c2ccccc12.[Na+].[Na+].[Na+].[Na+]. The van der Waals surface area contributed by atoms with Crippen molar-refractivity contribution in [2.24, 2.45) is 0 Å². The van der Waals surface area contributed by atoms with Gasteiger partial charge in [-0.15, -0.1) is 0 Å². The number of carboxylic acids is 2. The molecule has 0 saturated heterocycles. The second-order valence-corrected chi connectivity index (χ2v) is 18.8. The van der Waals surface area contributed by atoms with E-state index in [1.54, 1.807) is 36.4 Å². The van der Waals surface area contributed by atoms with Gasteiger partial charge in [0.25, 0.3) is 11.8 Å². The predicted octanol–water partition coefficient (Wildman–Crippen LogP) is -8.34. The summed E-state index contributed by atoms with van der Waals surface area (Å²) in [6.45, 7) is 0. The van der Waals surface area contributed by atoms with Crippen molar-refractivity contribution >= 4 is 100 Å². The number of rotatable bonds is 18. The Labute approximate surface area is 488 Å². The number of amides is 2. The molecule has 24 heteroatoms. The summed E-state index contributed by atoms with van der Waals surface area (Å²) in [6.07, 6.45) is -0.553. The largest absolute Gasteiger partial charge is 1.00 e. The Balaban J connectivity index is 0.00000397. The van der Waals surface area contributed by atoms with Gasteiger partial charge < -0.3 is 49.8 Å². The van der Waals surface area contributed by atoms with Crippen molar-refractivity contribution in [3.63, 3.8) is 0 Å². The normalized spacial score (nSPS) is 11.4. The summed E-state index contributed by atoms with van der Waals surface area (Å²) in [5.41, 5.74) is -2.62. The molecule has 6 rings (SSSR count). The molecule has 0 aromatic heterocycles. The number of aliphatic carboxylic acids is 2. The van der Waals surface area contributed by atoms with Gasteiger partial charge in [0.15, 0.2) is 0 Å². The van der Waals surface area contributed by atoms with Crippen LogP contribution < -0.4 is 139 Å². The van der Waals surface area contributed by atoms with Gasteiger partial charge in [0.2, 0.25) is 0 Å². The van der Waals surface area contributed by atoms with E-state index < -0.39 is 98.9 Å². The van der Waals surface area contributed by atoms with Crippen LogP contribution in [0.15, 0.2) is 119 Å². The summed E-state index contributed by atoms with van der Waals surface area (Å²) in [7, 11) is -10.9. The minimum Gasteiger partial charge on any atom is -0.744 e. The van der Waals surface area contributed by atoms with Crippen LogP contribution in [0.1, 0.15) is 55.8 Å². The number of phenolic OH excluding ortho intramolecular Hbond substituents is 2. The third-order valence-corrected chi connectivity index (χ3v) is 13.5. The van der Waals surface area contributed by atoms with Gasteiger partial charge in [0, 0.05) is 45.3 Å². The zero-order valence-corrected chi connectivity index (χ0v) is 48.3. The fraction of sp³-hybridized carbons (Fsp3) is 0.136. The van der Waals surface area contributed by atoms with Crippen molar-refractivity contribution in [1.82, 2.24) is 10.6 Å². The minimum atomic E-state index is -5.44. The van der Waals surface area contributed by atoms with Gasteiger partial charge in [0.1, 0.15) is 31.7 Å². The summed E-state index contributed by atoms with van der Waals surface area (Å²) in [4.78, 5) is 49.4. The Morgan fingerprint density at radius 2 is 0.794 bits per heavy atom. The average Bonchev–Trinajstić information content (AvgIpc) is 3.25. The zero-order chi connectivity index (χ0) is 46.3. The van der Waals surface area contributed by atoms with Gasteiger partial charge in [-0.05, 0) is 70.5 Å². The van der Waals surface area contributed by atoms with E-state index in [0.29, 0.717) is 21.9 Å². The molecule has 6 aromatic rings. The summed E-state index contributed by atoms with van der Waals surface area (Å²) in [5.74, 6) is -5.53. The number of aromatic hydroxyl groups is 2. The Hall–Kier alpha value is -2.42. The van der Waals surface area contributed by atoms with Crippen LogP contribution in [0.25, 0.3) is 32.9 Å². The molecule has 0 atom stereocenters. The fourth-order valence-electron chi connectivity index (χ4n) is 6.80. The maximum absolute atomic E-state index is 14.6. The third kappa shape index (κ3) is 15.3. The number of hydrogen-bond donors (Lipinski definition) is 4. The predicted molar refractivity (Wildman–Crippen MR) is 233 cm³/mol. The Morgan fingerprint density at radius 1 is 0.485 bits per heavy atom. The van der Waals surface area contributed by atoms with Crippen LogP contribution >= 0.6 is 23.5 Å². The number of fused-ring (bicyclic) bond motifs is 2. The minimum absolute atomic E-state index is 0. The number of thioether (sulfide) groups is 2. The maximum Gasteiger partial charge on any atom is 1.00 e. The number of carbonyl (C=O) groups is 4. The Bertz CT molecular complexity index is 2910. The first-order valence-electron chi connectivity index (χ1n) is 18.9. The average molecular weight is 1030 g/mol. The number of nitrogens with one attached hydrogen (secondary N) is 2. The molecule has 0 spiro atoms. The van der Waals surface area contributed by atoms with Gasteiger partial charge in [0.05, 0.1) is 32.3 Å². The summed E-state index contributed by atoms with van der Waals surface area (Å²) in [5, 5.41) is 51.5. The standard InChI is InChI=1S/C44H38N2O14S4.4Na/c47-37(48)17-19-61-23-25-21-33(41(51)29-11-3-1-9-27(25)29)43(53)45-39(31-13-5-7-15-35(31)63(55,56)57)40(32-14-6-8-16-36(32)64(58,59)60)46-44(54)34-22-26(24-62-20-18-38(49)50)28-10-2-4-12-30(28)42(34)52;;;;/h1-16,21-22,51-52H,17-20,23-24H2,(H,45,53)(H,46,54)(H,47,48)(H,49,50)(H,55,56,57)(H,58,59,60);;;;/q;4*+1/p-4. The molecular formula is C44H34N2Na4O14S4. The molecule has 0 saturated carbocycles. The second kappa shape index (κ2) is 27.4. The van der Waals surface area contributed by atoms with E-state index in [2.05, 4.69) is 10.6 Å². The molecule has 4 N–H and O–H groups in total. The van der Waals surface area contributed by atoms with Crippen LogP contribution in [0.2, 0.25) is 0 Å². The van der Waals surface area contributed by atoms with Gasteiger partial charge in [-0.2, -0.15) is 23.5 Å². The van der Waals surface area contributed by atoms with Crippen LogP contribution in [0.3, 0.4) is 0 Å². The molecule has 2 amide bonds. The van der Waals surface area contributed by atoms with Crippen molar-refractivity contribution in [2.75, 3.05) is 11.5 Å². The number of carboxylic acid groups (broad SMARTS) is 2. The van der Waals surface area contributed by atoms with Crippen LogP contribution in [0, 0.1) is 0 Å². The smallest absolute Gasteiger partial charge is 0.744 e. The van der Waals surface area contributed by atoms with E-state index in [4.69, 9.17) is 0 Å². The summed E-state index contributed by atoms with van der Waals surface area (Å²) in [6, 6.07) is 24.2. The van der Waals surface area contributed by atoms with E-state index in [-0.39, 0.29) is 165 Å². The summed E-state index contributed by atoms with van der Waals surface area (Å²) >= 11 is 2.37. The molecule has 332 valence electrons. The molecule has 0 heterocycles. The Morgan fingerprint density at radius 3 is 1.12 bits per heavy atom. The van der Waals surface area contributed by atoms with Crippen molar-refractivity contribution in [2.45, 2.75) is 34.1 Å². The fourth-order valence-corrected chi connectivity index (χ4v) is 10.0. The monoisotopic (exact) mass is 1030 g/mol. The van der Waals surface area contributed by atoms with Crippen LogP contribution in [-0.2, 0) is 41.3 Å². The van der Waals surface area contributed by atoms with Gasteiger partial charge in [-0.3, -0.25) is 9.59 Å². The van der Waals surface area contributed by atoms with E-state index in [1.165, 1.54) is 72.1 Å².